The molecule has 13 heavy (non-hydrogen) atoms. The molecule has 1 unspecified atom stereocenters. The van der Waals surface area contributed by atoms with Gasteiger partial charge in [-0.25, -0.2) is 0 Å². The molecule has 0 N–H and O–H groups in total. The highest BCUT2D eigenvalue weighted by Crippen LogP contribution is 2.33. The lowest BCUT2D eigenvalue weighted by Crippen LogP contribution is -2.09. The van der Waals surface area contributed by atoms with E-state index in [2.05, 4.69) is 38.2 Å². The van der Waals surface area contributed by atoms with Gasteiger partial charge in [0.1, 0.15) is 0 Å². The quantitative estimate of drug-likeness (QED) is 0.529. The van der Waals surface area contributed by atoms with E-state index in [0.717, 1.165) is 0 Å². The highest BCUT2D eigenvalue weighted by atomic mass is 14.2. The molecule has 2 aliphatic carbocycles. The summed E-state index contributed by atoms with van der Waals surface area (Å²) in [5.74, 6) is 1.35. The largest absolute Gasteiger partial charge is 0.0873 e. The van der Waals surface area contributed by atoms with Crippen LogP contribution < -0.4 is 0 Å². The molecule has 0 heterocycles. The van der Waals surface area contributed by atoms with Crippen LogP contribution in [0.3, 0.4) is 0 Å². The van der Waals surface area contributed by atoms with E-state index in [1.54, 1.807) is 11.1 Å². The van der Waals surface area contributed by atoms with Crippen molar-refractivity contribution in [3.63, 3.8) is 0 Å². The second kappa shape index (κ2) is 3.53. The topological polar surface area (TPSA) is 0 Å². The van der Waals surface area contributed by atoms with Crippen LogP contribution in [0.1, 0.15) is 33.1 Å². The molecule has 0 spiro atoms. The molecule has 0 aromatic carbocycles. The molecule has 2 aliphatic rings. The molecule has 0 aromatic rings. The highest BCUT2D eigenvalue weighted by Gasteiger charge is 2.17. The lowest BCUT2D eigenvalue weighted by Gasteiger charge is -2.25. The zero-order valence-corrected chi connectivity index (χ0v) is 8.59. The van der Waals surface area contributed by atoms with Gasteiger partial charge in [-0.3, -0.25) is 0 Å². The smallest absolute Gasteiger partial charge is 0.0160 e. The fourth-order valence-corrected chi connectivity index (χ4v) is 2.16. The van der Waals surface area contributed by atoms with E-state index in [4.69, 9.17) is 0 Å². The Balaban J connectivity index is 2.20. The number of fused-ring (bicyclic) bond motifs is 1. The van der Waals surface area contributed by atoms with Gasteiger partial charge >= 0.3 is 0 Å². The van der Waals surface area contributed by atoms with Crippen LogP contribution in [-0.2, 0) is 0 Å². The van der Waals surface area contributed by atoms with E-state index in [1.165, 1.54) is 19.3 Å². The third kappa shape index (κ3) is 1.77. The molecule has 0 saturated heterocycles. The maximum Gasteiger partial charge on any atom is 0.0160 e. The normalized spacial score (nSPS) is 26.8. The maximum absolute atomic E-state index is 2.47. The predicted molar refractivity (Wildman–Crippen MR) is 57.5 cm³/mol. The first-order valence-corrected chi connectivity index (χ1v) is 5.33. The molecule has 2 rings (SSSR count). The van der Waals surface area contributed by atoms with Gasteiger partial charge < -0.3 is 0 Å². The lowest BCUT2D eigenvalue weighted by atomic mass is 9.81. The summed E-state index contributed by atoms with van der Waals surface area (Å²) in [5.41, 5.74) is 3.26. The molecule has 0 aliphatic heterocycles. The summed E-state index contributed by atoms with van der Waals surface area (Å²) in [6.45, 7) is 4.58. The Morgan fingerprint density at radius 1 is 1.38 bits per heavy atom. The summed E-state index contributed by atoms with van der Waals surface area (Å²) in [7, 11) is 0. The minimum atomic E-state index is 0.639. The Morgan fingerprint density at radius 3 is 3.00 bits per heavy atom. The SMILES string of the molecule is CC(C)C1=CC2C=CCCC2=CC1. The molecule has 0 fully saturated rings. The van der Waals surface area contributed by atoms with Gasteiger partial charge in [-0.05, 0) is 25.2 Å². The van der Waals surface area contributed by atoms with Crippen molar-refractivity contribution in [3.8, 4) is 0 Å². The summed E-state index contributed by atoms with van der Waals surface area (Å²) in [5, 5.41) is 0. The Morgan fingerprint density at radius 2 is 2.23 bits per heavy atom. The summed E-state index contributed by atoms with van der Waals surface area (Å²) >= 11 is 0. The Bertz CT molecular complexity index is 276. The summed E-state index contributed by atoms with van der Waals surface area (Å²) in [6, 6.07) is 0. The lowest BCUT2D eigenvalue weighted by molar-refractivity contribution is 0.692. The first kappa shape index (κ1) is 8.80. The second-order valence-corrected chi connectivity index (χ2v) is 4.37. The third-order valence-corrected chi connectivity index (χ3v) is 3.11. The number of hydrogen-bond acceptors (Lipinski definition) is 0. The summed E-state index contributed by atoms with van der Waals surface area (Å²) < 4.78 is 0. The van der Waals surface area contributed by atoms with Gasteiger partial charge in [0.05, 0.1) is 0 Å². The fourth-order valence-electron chi connectivity index (χ4n) is 2.16. The van der Waals surface area contributed by atoms with E-state index in [0.29, 0.717) is 11.8 Å². The van der Waals surface area contributed by atoms with Crippen LogP contribution in [0.4, 0.5) is 0 Å². The molecule has 0 nitrogen and oxygen atoms in total. The van der Waals surface area contributed by atoms with Crippen molar-refractivity contribution in [1.82, 2.24) is 0 Å². The molecule has 1 atom stereocenters. The number of hydrogen-bond donors (Lipinski definition) is 0. The van der Waals surface area contributed by atoms with Gasteiger partial charge in [0.25, 0.3) is 0 Å². The van der Waals surface area contributed by atoms with Crippen molar-refractivity contribution in [3.05, 3.63) is 35.5 Å². The van der Waals surface area contributed by atoms with Crippen molar-refractivity contribution >= 4 is 0 Å². The molecule has 0 amide bonds. The first-order chi connectivity index (χ1) is 6.27. The predicted octanol–water partition coefficient (Wildman–Crippen LogP) is 3.87. The summed E-state index contributed by atoms with van der Waals surface area (Å²) in [4.78, 5) is 0. The van der Waals surface area contributed by atoms with Crippen LogP contribution >= 0.6 is 0 Å². The number of allylic oxidation sites excluding steroid dienone is 6. The minimum absolute atomic E-state index is 0.639. The van der Waals surface area contributed by atoms with Crippen molar-refractivity contribution in [1.29, 1.82) is 0 Å². The molecular formula is C13H18. The molecule has 0 aromatic heterocycles. The van der Waals surface area contributed by atoms with Crippen LogP contribution in [0.25, 0.3) is 0 Å². The summed E-state index contributed by atoms with van der Waals surface area (Å²) in [6.07, 6.45) is 13.3. The monoisotopic (exact) mass is 174 g/mol. The van der Waals surface area contributed by atoms with E-state index < -0.39 is 0 Å². The standard InChI is InChI=1S/C13H18/c1-10(2)12-8-7-11-5-3-4-6-13(11)9-12/h4,6-7,9-10,13H,3,5,8H2,1-2H3. The highest BCUT2D eigenvalue weighted by molar-refractivity contribution is 5.32. The molecule has 0 saturated carbocycles. The van der Waals surface area contributed by atoms with E-state index in [9.17, 15) is 0 Å². The molecule has 0 bridgehead atoms. The zero-order chi connectivity index (χ0) is 9.26. The van der Waals surface area contributed by atoms with Gasteiger partial charge in [-0.2, -0.15) is 0 Å². The molecule has 0 radical (unpaired) electrons. The maximum atomic E-state index is 2.47. The van der Waals surface area contributed by atoms with Gasteiger partial charge in [0.15, 0.2) is 0 Å². The third-order valence-electron chi connectivity index (χ3n) is 3.11. The Labute approximate surface area is 81.0 Å². The fraction of sp³-hybridized carbons (Fsp3) is 0.538. The van der Waals surface area contributed by atoms with Gasteiger partial charge in [-0.15, -0.1) is 0 Å². The average Bonchev–Trinajstić information content (AvgIpc) is 2.17. The Hall–Kier alpha value is -0.780. The molecular weight excluding hydrogens is 156 g/mol. The molecule has 0 heteroatoms. The van der Waals surface area contributed by atoms with Crippen LogP contribution in [0.5, 0.6) is 0 Å². The van der Waals surface area contributed by atoms with Gasteiger partial charge in [-0.1, -0.05) is 49.3 Å². The van der Waals surface area contributed by atoms with Crippen molar-refractivity contribution in [2.24, 2.45) is 11.8 Å². The van der Waals surface area contributed by atoms with Crippen molar-refractivity contribution < 1.29 is 0 Å². The van der Waals surface area contributed by atoms with Crippen LogP contribution in [0, 0.1) is 11.8 Å². The van der Waals surface area contributed by atoms with E-state index in [1.807, 2.05) is 0 Å². The van der Waals surface area contributed by atoms with E-state index >= 15 is 0 Å². The van der Waals surface area contributed by atoms with Crippen LogP contribution in [0.2, 0.25) is 0 Å². The zero-order valence-electron chi connectivity index (χ0n) is 8.59. The van der Waals surface area contributed by atoms with Gasteiger partial charge in [0.2, 0.25) is 0 Å². The minimum Gasteiger partial charge on any atom is -0.0873 e. The average molecular weight is 174 g/mol. The van der Waals surface area contributed by atoms with Crippen LogP contribution in [0.15, 0.2) is 35.5 Å². The molecule has 70 valence electrons. The second-order valence-electron chi connectivity index (χ2n) is 4.37. The number of rotatable bonds is 1. The first-order valence-electron chi connectivity index (χ1n) is 5.33. The van der Waals surface area contributed by atoms with E-state index in [-0.39, 0.29) is 0 Å². The van der Waals surface area contributed by atoms with Crippen molar-refractivity contribution in [2.45, 2.75) is 33.1 Å². The Kier molecular flexibility index (Phi) is 2.39. The van der Waals surface area contributed by atoms with Crippen molar-refractivity contribution in [2.75, 3.05) is 0 Å². The van der Waals surface area contributed by atoms with Gasteiger partial charge in [0, 0.05) is 5.92 Å². The van der Waals surface area contributed by atoms with Crippen LogP contribution in [-0.4, -0.2) is 0 Å².